The molecule has 0 saturated heterocycles. The van der Waals surface area contributed by atoms with E-state index in [1.54, 1.807) is 25.1 Å². The van der Waals surface area contributed by atoms with E-state index >= 15 is 0 Å². The number of fused-ring (bicyclic) bond motifs is 1. The summed E-state index contributed by atoms with van der Waals surface area (Å²) in [4.78, 5) is 25.3. The molecule has 0 bridgehead atoms. The van der Waals surface area contributed by atoms with Crippen LogP contribution in [0.5, 0.6) is 0 Å². The van der Waals surface area contributed by atoms with Gasteiger partial charge in [0.1, 0.15) is 6.67 Å². The Hall–Kier alpha value is -2.48. The zero-order chi connectivity index (χ0) is 14.9. The number of amides is 2. The van der Waals surface area contributed by atoms with E-state index in [9.17, 15) is 19.2 Å². The first kappa shape index (κ1) is 13.9. The lowest BCUT2D eigenvalue weighted by atomic mass is 9.92. The summed E-state index contributed by atoms with van der Waals surface area (Å²) in [5.41, 5.74) is -0.890. The number of imide groups is 1. The molecule has 1 aliphatic heterocycles. The molecule has 1 aromatic carbocycles. The summed E-state index contributed by atoms with van der Waals surface area (Å²) in [5.74, 6) is -1.27. The number of nitriles is 1. The third-order valence-corrected chi connectivity index (χ3v) is 3.25. The molecule has 1 unspecified atom stereocenters. The van der Waals surface area contributed by atoms with Gasteiger partial charge >= 0.3 is 0 Å². The largest absolute Gasteiger partial charge is 0.269 e. The molecule has 102 valence electrons. The molecular weight excluding hydrogens is 259 g/mol. The molecule has 0 radical (unpaired) electrons. The van der Waals surface area contributed by atoms with Crippen molar-refractivity contribution in [3.63, 3.8) is 0 Å². The average Bonchev–Trinajstić information content (AvgIpc) is 2.69. The van der Waals surface area contributed by atoms with E-state index in [-0.39, 0.29) is 17.5 Å². The molecule has 0 aromatic heterocycles. The third kappa shape index (κ3) is 1.90. The van der Waals surface area contributed by atoms with Gasteiger partial charge < -0.3 is 0 Å². The fourth-order valence-electron chi connectivity index (χ4n) is 2.38. The smallest absolute Gasteiger partial charge is 0.263 e. The number of alkyl halides is 1. The molecule has 1 heterocycles. The summed E-state index contributed by atoms with van der Waals surface area (Å²) in [6.45, 7) is 4.14. The minimum atomic E-state index is -1.82. The van der Waals surface area contributed by atoms with Crippen molar-refractivity contribution in [3.8, 4) is 6.07 Å². The van der Waals surface area contributed by atoms with Gasteiger partial charge in [-0.25, -0.2) is 4.39 Å². The van der Waals surface area contributed by atoms with Crippen molar-refractivity contribution in [3.05, 3.63) is 47.5 Å². The van der Waals surface area contributed by atoms with Gasteiger partial charge in [0.05, 0.1) is 17.2 Å². The van der Waals surface area contributed by atoms with Crippen LogP contribution in [0.4, 0.5) is 4.39 Å². The summed E-state index contributed by atoms with van der Waals surface area (Å²) in [5, 5.41) is 9.32. The number of rotatable bonds is 4. The highest BCUT2D eigenvalue weighted by molar-refractivity contribution is 6.22. The Bertz CT molecular complexity index is 613. The van der Waals surface area contributed by atoms with Gasteiger partial charge in [-0.2, -0.15) is 5.26 Å². The highest BCUT2D eigenvalue weighted by Gasteiger charge is 2.49. The quantitative estimate of drug-likeness (QED) is 0.625. The predicted molar refractivity (Wildman–Crippen MR) is 70.7 cm³/mol. The normalized spacial score (nSPS) is 16.6. The summed E-state index contributed by atoms with van der Waals surface area (Å²) >= 11 is 0. The number of nitrogens with zero attached hydrogens (tertiary/aromatic N) is 2. The van der Waals surface area contributed by atoms with Crippen LogP contribution in [0.15, 0.2) is 36.4 Å². The molecule has 2 amide bonds. The lowest BCUT2D eigenvalue weighted by Gasteiger charge is -2.32. The maximum atomic E-state index is 13.5. The molecule has 0 fully saturated rings. The fraction of sp³-hybridized carbons (Fsp3) is 0.267. The van der Waals surface area contributed by atoms with Crippen LogP contribution in [0.2, 0.25) is 0 Å². The minimum absolute atomic E-state index is 0.0779. The van der Waals surface area contributed by atoms with Crippen LogP contribution >= 0.6 is 0 Å². The lowest BCUT2D eigenvalue weighted by Crippen LogP contribution is -2.52. The van der Waals surface area contributed by atoms with Crippen molar-refractivity contribution in [1.29, 1.82) is 5.26 Å². The number of carbonyl (C=O) groups excluding carboxylic acids is 2. The molecule has 0 spiro atoms. The van der Waals surface area contributed by atoms with E-state index in [0.29, 0.717) is 5.57 Å². The van der Waals surface area contributed by atoms with Crippen molar-refractivity contribution in [2.24, 2.45) is 0 Å². The van der Waals surface area contributed by atoms with E-state index < -0.39 is 24.0 Å². The Balaban J connectivity index is 2.53. The third-order valence-electron chi connectivity index (χ3n) is 3.25. The summed E-state index contributed by atoms with van der Waals surface area (Å²) < 4.78 is 13.5. The molecule has 5 heteroatoms. The van der Waals surface area contributed by atoms with Gasteiger partial charge in [-0.3, -0.25) is 14.5 Å². The van der Waals surface area contributed by atoms with Crippen LogP contribution in [-0.2, 0) is 0 Å². The zero-order valence-electron chi connectivity index (χ0n) is 11.0. The molecule has 1 atom stereocenters. The summed E-state index contributed by atoms with van der Waals surface area (Å²) in [6.07, 6.45) is -0.0779. The zero-order valence-corrected chi connectivity index (χ0v) is 11.0. The molecule has 20 heavy (non-hydrogen) atoms. The van der Waals surface area contributed by atoms with Gasteiger partial charge in [0.15, 0.2) is 5.54 Å². The second-order valence-corrected chi connectivity index (χ2v) is 4.90. The highest BCUT2D eigenvalue weighted by atomic mass is 19.1. The van der Waals surface area contributed by atoms with Crippen molar-refractivity contribution in [1.82, 2.24) is 4.90 Å². The molecule has 1 aromatic rings. The van der Waals surface area contributed by atoms with Crippen LogP contribution in [-0.4, -0.2) is 28.9 Å². The van der Waals surface area contributed by atoms with Crippen LogP contribution in [0.1, 0.15) is 34.1 Å². The Kier molecular flexibility index (Phi) is 3.41. The van der Waals surface area contributed by atoms with Gasteiger partial charge in [-0.15, -0.1) is 6.58 Å². The average molecular weight is 272 g/mol. The van der Waals surface area contributed by atoms with Gasteiger partial charge in [0.25, 0.3) is 11.8 Å². The monoisotopic (exact) mass is 272 g/mol. The Morgan fingerprint density at radius 3 is 2.20 bits per heavy atom. The SMILES string of the molecule is C=C(C)CC(C#N)(CF)N1C(=O)c2ccccc2C1=O. The first-order valence-corrected chi connectivity index (χ1v) is 6.06. The Morgan fingerprint density at radius 2 is 1.85 bits per heavy atom. The minimum Gasteiger partial charge on any atom is -0.269 e. The topological polar surface area (TPSA) is 61.2 Å². The van der Waals surface area contributed by atoms with Crippen molar-refractivity contribution in [2.45, 2.75) is 18.9 Å². The molecule has 0 saturated carbocycles. The van der Waals surface area contributed by atoms with E-state index in [1.165, 1.54) is 12.1 Å². The number of halogens is 1. The van der Waals surface area contributed by atoms with Gasteiger partial charge in [0, 0.05) is 6.42 Å². The van der Waals surface area contributed by atoms with E-state index in [1.807, 2.05) is 0 Å². The maximum Gasteiger partial charge on any atom is 0.263 e. The van der Waals surface area contributed by atoms with Crippen molar-refractivity contribution >= 4 is 11.8 Å². The maximum absolute atomic E-state index is 13.5. The summed E-state index contributed by atoms with van der Waals surface area (Å²) in [6, 6.07) is 8.02. The highest BCUT2D eigenvalue weighted by Crippen LogP contribution is 2.33. The van der Waals surface area contributed by atoms with Gasteiger partial charge in [0.2, 0.25) is 0 Å². The van der Waals surface area contributed by atoms with E-state index in [4.69, 9.17) is 0 Å². The first-order valence-electron chi connectivity index (χ1n) is 6.06. The van der Waals surface area contributed by atoms with Gasteiger partial charge in [-0.1, -0.05) is 17.7 Å². The Labute approximate surface area is 116 Å². The standard InChI is InChI=1S/C15H13FN2O2/c1-10(2)7-15(8-16,9-17)18-13(19)11-5-3-4-6-12(11)14(18)20/h3-6H,1,7-8H2,2H3. The van der Waals surface area contributed by atoms with Gasteiger partial charge in [-0.05, 0) is 19.1 Å². The molecule has 0 aliphatic carbocycles. The van der Waals surface area contributed by atoms with Crippen molar-refractivity contribution < 1.29 is 14.0 Å². The number of benzene rings is 1. The second kappa shape index (κ2) is 4.89. The molecule has 0 N–H and O–H groups in total. The van der Waals surface area contributed by atoms with E-state index in [0.717, 1.165) is 4.90 Å². The predicted octanol–water partition coefficient (Wildman–Crippen LogP) is 2.48. The lowest BCUT2D eigenvalue weighted by molar-refractivity contribution is 0.0466. The molecule has 1 aliphatic rings. The number of hydrogen-bond acceptors (Lipinski definition) is 3. The number of carbonyl (C=O) groups is 2. The molecule has 4 nitrogen and oxygen atoms in total. The first-order chi connectivity index (χ1) is 9.46. The van der Waals surface area contributed by atoms with Crippen LogP contribution in [0.3, 0.4) is 0 Å². The second-order valence-electron chi connectivity index (χ2n) is 4.90. The number of hydrogen-bond donors (Lipinski definition) is 0. The van der Waals surface area contributed by atoms with Crippen LogP contribution in [0, 0.1) is 11.3 Å². The van der Waals surface area contributed by atoms with Crippen LogP contribution < -0.4 is 0 Å². The summed E-state index contributed by atoms with van der Waals surface area (Å²) in [7, 11) is 0. The van der Waals surface area contributed by atoms with Crippen molar-refractivity contribution in [2.75, 3.05) is 6.67 Å². The Morgan fingerprint density at radius 1 is 1.35 bits per heavy atom. The molecule has 2 rings (SSSR count). The van der Waals surface area contributed by atoms with E-state index in [2.05, 4.69) is 6.58 Å². The van der Waals surface area contributed by atoms with Crippen LogP contribution in [0.25, 0.3) is 0 Å². The molecular formula is C15H13FN2O2. The fourth-order valence-corrected chi connectivity index (χ4v) is 2.38.